The van der Waals surface area contributed by atoms with Crippen LogP contribution >= 0.6 is 11.6 Å². The van der Waals surface area contributed by atoms with Crippen LogP contribution in [0.2, 0.25) is 0 Å². The maximum Gasteiger partial charge on any atom is 0.411 e. The van der Waals surface area contributed by atoms with Crippen LogP contribution in [0.1, 0.15) is 11.1 Å². The maximum atomic E-state index is 11.8. The Morgan fingerprint density at radius 3 is 2.32 bits per heavy atom. The van der Waals surface area contributed by atoms with Crippen LogP contribution in [0.5, 0.6) is 0 Å². The Labute approximate surface area is 113 Å². The molecule has 19 heavy (non-hydrogen) atoms. The van der Waals surface area contributed by atoms with Gasteiger partial charge in [0.05, 0.1) is 0 Å². The molecule has 1 rings (SSSR count). The number of carbonyl (C=O) groups is 1. The lowest BCUT2D eigenvalue weighted by Gasteiger charge is -2.08. The van der Waals surface area contributed by atoms with E-state index in [9.17, 15) is 18.0 Å². The van der Waals surface area contributed by atoms with Crippen molar-refractivity contribution in [2.45, 2.75) is 18.6 Å². The van der Waals surface area contributed by atoms with E-state index in [2.05, 4.69) is 10.1 Å². The van der Waals surface area contributed by atoms with E-state index in [4.69, 9.17) is 11.6 Å². The third-order valence-corrected chi connectivity index (χ3v) is 2.47. The molecule has 0 heterocycles. The Balaban J connectivity index is 2.26. The molecule has 1 aromatic carbocycles. The predicted molar refractivity (Wildman–Crippen MR) is 64.7 cm³/mol. The second-order valence-electron chi connectivity index (χ2n) is 3.83. The molecule has 0 bridgehead atoms. The minimum atomic E-state index is -4.42. The quantitative estimate of drug-likeness (QED) is 0.819. The molecule has 0 saturated heterocycles. The molecule has 0 radical (unpaired) electrons. The number of benzene rings is 1. The first-order valence-electron chi connectivity index (χ1n) is 5.45. The van der Waals surface area contributed by atoms with Gasteiger partial charge in [0, 0.05) is 12.4 Å². The fraction of sp³-hybridized carbons (Fsp3) is 0.417. The minimum absolute atomic E-state index is 0.233. The van der Waals surface area contributed by atoms with Gasteiger partial charge in [-0.2, -0.15) is 13.2 Å². The standard InChI is InChI=1S/C12H13ClF3NO2/c13-5-9-1-3-10(4-2-9)6-17-11(18)7-19-8-12(14,15)16/h1-4H,5-8H2,(H,17,18). The zero-order valence-corrected chi connectivity index (χ0v) is 10.7. The van der Waals surface area contributed by atoms with Gasteiger partial charge in [0.25, 0.3) is 0 Å². The lowest BCUT2D eigenvalue weighted by atomic mass is 10.1. The Kier molecular flexibility index (Phi) is 6.11. The van der Waals surface area contributed by atoms with Crippen molar-refractivity contribution in [1.82, 2.24) is 5.32 Å². The summed E-state index contributed by atoms with van der Waals surface area (Å²) >= 11 is 5.62. The number of hydrogen-bond donors (Lipinski definition) is 1. The van der Waals surface area contributed by atoms with Crippen molar-refractivity contribution in [2.24, 2.45) is 0 Å². The summed E-state index contributed by atoms with van der Waals surface area (Å²) in [5.74, 6) is -0.191. The van der Waals surface area contributed by atoms with E-state index in [-0.39, 0.29) is 6.54 Å². The van der Waals surface area contributed by atoms with E-state index in [1.54, 1.807) is 12.1 Å². The van der Waals surface area contributed by atoms with Crippen LogP contribution < -0.4 is 5.32 Å². The second kappa shape index (κ2) is 7.35. The van der Waals surface area contributed by atoms with Crippen LogP contribution in [0.25, 0.3) is 0 Å². The van der Waals surface area contributed by atoms with Crippen LogP contribution in [0.3, 0.4) is 0 Å². The van der Waals surface area contributed by atoms with Crippen LogP contribution in [-0.4, -0.2) is 25.3 Å². The predicted octanol–water partition coefficient (Wildman–Crippen LogP) is 2.62. The van der Waals surface area contributed by atoms with Crippen LogP contribution in [0.15, 0.2) is 24.3 Å². The summed E-state index contributed by atoms with van der Waals surface area (Å²) in [6, 6.07) is 7.20. The van der Waals surface area contributed by atoms with Gasteiger partial charge in [-0.05, 0) is 11.1 Å². The molecule has 0 atom stereocenters. The topological polar surface area (TPSA) is 38.3 Å². The fourth-order valence-electron chi connectivity index (χ4n) is 1.26. The van der Waals surface area contributed by atoms with E-state index >= 15 is 0 Å². The number of halogens is 4. The molecule has 0 aliphatic rings. The molecule has 1 amide bonds. The number of ether oxygens (including phenoxy) is 1. The first-order chi connectivity index (χ1) is 8.90. The van der Waals surface area contributed by atoms with Gasteiger partial charge in [0.15, 0.2) is 0 Å². The SMILES string of the molecule is O=C(COCC(F)(F)F)NCc1ccc(CCl)cc1. The molecular formula is C12H13ClF3NO2. The molecular weight excluding hydrogens is 283 g/mol. The molecule has 0 aliphatic heterocycles. The summed E-state index contributed by atoms with van der Waals surface area (Å²) in [6.45, 7) is -1.80. The van der Waals surface area contributed by atoms with Gasteiger partial charge in [-0.1, -0.05) is 24.3 Å². The number of carbonyl (C=O) groups excluding carboxylic acids is 1. The minimum Gasteiger partial charge on any atom is -0.362 e. The highest BCUT2D eigenvalue weighted by Crippen LogP contribution is 2.14. The molecule has 0 unspecified atom stereocenters. The first-order valence-corrected chi connectivity index (χ1v) is 5.99. The average Bonchev–Trinajstić information content (AvgIpc) is 2.35. The monoisotopic (exact) mass is 295 g/mol. The molecule has 0 saturated carbocycles. The molecule has 7 heteroatoms. The third-order valence-electron chi connectivity index (χ3n) is 2.17. The van der Waals surface area contributed by atoms with Crippen molar-refractivity contribution in [1.29, 1.82) is 0 Å². The maximum absolute atomic E-state index is 11.8. The third kappa shape index (κ3) is 7.03. The first kappa shape index (κ1) is 15.8. The van der Waals surface area contributed by atoms with Crippen molar-refractivity contribution < 1.29 is 22.7 Å². The average molecular weight is 296 g/mol. The molecule has 0 aromatic heterocycles. The normalized spacial score (nSPS) is 11.4. The lowest BCUT2D eigenvalue weighted by Crippen LogP contribution is -2.29. The Bertz CT molecular complexity index is 406. The van der Waals surface area contributed by atoms with E-state index in [0.717, 1.165) is 11.1 Å². The van der Waals surface area contributed by atoms with Crippen molar-refractivity contribution >= 4 is 17.5 Å². The number of hydrogen-bond acceptors (Lipinski definition) is 2. The van der Waals surface area contributed by atoms with Gasteiger partial charge in [-0.3, -0.25) is 4.79 Å². The molecule has 3 nitrogen and oxygen atoms in total. The second-order valence-corrected chi connectivity index (χ2v) is 4.10. The van der Waals surface area contributed by atoms with Gasteiger partial charge >= 0.3 is 6.18 Å². The summed E-state index contributed by atoms with van der Waals surface area (Å²) in [5.41, 5.74) is 1.78. The highest BCUT2D eigenvalue weighted by atomic mass is 35.5. The molecule has 0 spiro atoms. The molecule has 0 fully saturated rings. The van der Waals surface area contributed by atoms with E-state index in [1.165, 1.54) is 0 Å². The number of nitrogens with one attached hydrogen (secondary N) is 1. The fourth-order valence-corrected chi connectivity index (χ4v) is 1.44. The Hall–Kier alpha value is -1.27. The lowest BCUT2D eigenvalue weighted by molar-refractivity contribution is -0.175. The van der Waals surface area contributed by atoms with Gasteiger partial charge < -0.3 is 10.1 Å². The van der Waals surface area contributed by atoms with Gasteiger partial charge in [0.2, 0.25) is 5.91 Å². The summed E-state index contributed by atoms with van der Waals surface area (Å²) in [6.07, 6.45) is -4.42. The van der Waals surface area contributed by atoms with E-state index in [1.807, 2.05) is 12.1 Å². The molecule has 0 aliphatic carbocycles. The molecule has 1 N–H and O–H groups in total. The highest BCUT2D eigenvalue weighted by molar-refractivity contribution is 6.17. The summed E-state index contributed by atoms with van der Waals surface area (Å²) in [4.78, 5) is 11.2. The number of amides is 1. The van der Waals surface area contributed by atoms with Gasteiger partial charge in [-0.15, -0.1) is 11.6 Å². The van der Waals surface area contributed by atoms with Crippen molar-refractivity contribution in [2.75, 3.05) is 13.2 Å². The number of rotatable bonds is 6. The number of alkyl halides is 4. The summed E-state index contributed by atoms with van der Waals surface area (Å²) in [5, 5.41) is 2.46. The molecule has 106 valence electrons. The summed E-state index contributed by atoms with van der Waals surface area (Å²) < 4.78 is 39.5. The Morgan fingerprint density at radius 2 is 1.79 bits per heavy atom. The largest absolute Gasteiger partial charge is 0.411 e. The van der Waals surface area contributed by atoms with E-state index < -0.39 is 25.3 Å². The van der Waals surface area contributed by atoms with Crippen molar-refractivity contribution in [3.63, 3.8) is 0 Å². The van der Waals surface area contributed by atoms with Crippen molar-refractivity contribution in [3.05, 3.63) is 35.4 Å². The van der Waals surface area contributed by atoms with Gasteiger partial charge in [-0.25, -0.2) is 0 Å². The summed E-state index contributed by atoms with van der Waals surface area (Å²) in [7, 11) is 0. The highest BCUT2D eigenvalue weighted by Gasteiger charge is 2.27. The van der Waals surface area contributed by atoms with Crippen LogP contribution in [0, 0.1) is 0 Å². The van der Waals surface area contributed by atoms with Crippen LogP contribution in [-0.2, 0) is 22.0 Å². The zero-order chi connectivity index (χ0) is 14.3. The van der Waals surface area contributed by atoms with Gasteiger partial charge in [0.1, 0.15) is 13.2 Å². The van der Waals surface area contributed by atoms with Crippen molar-refractivity contribution in [3.8, 4) is 0 Å². The van der Waals surface area contributed by atoms with Crippen LogP contribution in [0.4, 0.5) is 13.2 Å². The zero-order valence-electron chi connectivity index (χ0n) is 9.97. The Morgan fingerprint density at radius 1 is 1.21 bits per heavy atom. The molecule has 1 aromatic rings. The smallest absolute Gasteiger partial charge is 0.362 e. The van der Waals surface area contributed by atoms with E-state index in [0.29, 0.717) is 5.88 Å².